The lowest BCUT2D eigenvalue weighted by Gasteiger charge is -2.42. The van der Waals surface area contributed by atoms with Crippen LogP contribution < -0.4 is 4.90 Å². The number of aromatic nitrogens is 2. The summed E-state index contributed by atoms with van der Waals surface area (Å²) in [5, 5.41) is 2.10. The molecule has 2 aromatic heterocycles. The summed E-state index contributed by atoms with van der Waals surface area (Å²) in [6.45, 7) is 7.38. The number of nitrogens with zero attached hydrogens (tertiary/aromatic N) is 4. The van der Waals surface area contributed by atoms with Gasteiger partial charge in [0.25, 0.3) is 0 Å². The molecule has 0 aliphatic carbocycles. The van der Waals surface area contributed by atoms with Gasteiger partial charge in [-0.25, -0.2) is 9.97 Å². The zero-order chi connectivity index (χ0) is 14.9. The molecule has 0 amide bonds. The number of fused-ring (bicyclic) bond motifs is 1. The molecule has 5 nitrogen and oxygen atoms in total. The Bertz CT molecular complexity index is 638. The van der Waals surface area contributed by atoms with E-state index in [1.807, 2.05) is 0 Å². The molecule has 22 heavy (non-hydrogen) atoms. The zero-order valence-corrected chi connectivity index (χ0v) is 13.8. The van der Waals surface area contributed by atoms with Gasteiger partial charge >= 0.3 is 0 Å². The van der Waals surface area contributed by atoms with Crippen LogP contribution in [0, 0.1) is 0 Å². The van der Waals surface area contributed by atoms with E-state index in [9.17, 15) is 0 Å². The molecule has 4 heterocycles. The van der Waals surface area contributed by atoms with Gasteiger partial charge in [-0.2, -0.15) is 0 Å². The normalized spacial score (nSPS) is 25.0. The molecule has 0 unspecified atom stereocenters. The van der Waals surface area contributed by atoms with Crippen LogP contribution in [0.25, 0.3) is 10.2 Å². The van der Waals surface area contributed by atoms with Crippen molar-refractivity contribution in [2.75, 3.05) is 37.7 Å². The first-order valence-corrected chi connectivity index (χ1v) is 8.98. The molecule has 0 spiro atoms. The van der Waals surface area contributed by atoms with Gasteiger partial charge in [-0.1, -0.05) is 0 Å². The highest BCUT2D eigenvalue weighted by Gasteiger charge is 2.28. The SMILES string of the molecule is C[C@@H]1CN(C2CCN(c3ncnc4ccsc34)CC2)CCO1. The van der Waals surface area contributed by atoms with Gasteiger partial charge in [-0.15, -0.1) is 11.3 Å². The quantitative estimate of drug-likeness (QED) is 0.850. The lowest BCUT2D eigenvalue weighted by atomic mass is 10.0. The molecular formula is C16H22N4OS. The molecule has 118 valence electrons. The zero-order valence-electron chi connectivity index (χ0n) is 12.9. The number of piperidine rings is 1. The van der Waals surface area contributed by atoms with Crippen molar-refractivity contribution in [1.82, 2.24) is 14.9 Å². The third kappa shape index (κ3) is 2.71. The van der Waals surface area contributed by atoms with Crippen molar-refractivity contribution in [3.8, 4) is 0 Å². The number of rotatable bonds is 2. The molecule has 2 saturated heterocycles. The highest BCUT2D eigenvalue weighted by atomic mass is 32.1. The molecule has 1 atom stereocenters. The lowest BCUT2D eigenvalue weighted by Crippen LogP contribution is -2.51. The van der Waals surface area contributed by atoms with E-state index in [0.717, 1.165) is 44.1 Å². The Labute approximate surface area is 134 Å². The molecule has 0 aromatic carbocycles. The maximum atomic E-state index is 5.66. The number of morpholine rings is 1. The fourth-order valence-corrected chi connectivity index (χ4v) is 4.48. The van der Waals surface area contributed by atoms with Gasteiger partial charge in [0.05, 0.1) is 22.9 Å². The second-order valence-corrected chi connectivity index (χ2v) is 7.14. The summed E-state index contributed by atoms with van der Waals surface area (Å²) in [7, 11) is 0. The van der Waals surface area contributed by atoms with E-state index in [0.29, 0.717) is 12.1 Å². The highest BCUT2D eigenvalue weighted by Crippen LogP contribution is 2.30. The first-order valence-electron chi connectivity index (χ1n) is 8.10. The smallest absolute Gasteiger partial charge is 0.150 e. The fourth-order valence-electron chi connectivity index (χ4n) is 3.62. The van der Waals surface area contributed by atoms with E-state index in [1.54, 1.807) is 17.7 Å². The van der Waals surface area contributed by atoms with Gasteiger partial charge in [0.1, 0.15) is 12.1 Å². The van der Waals surface area contributed by atoms with Gasteiger partial charge in [0.2, 0.25) is 0 Å². The minimum absolute atomic E-state index is 0.374. The molecule has 6 heteroatoms. The molecule has 0 bridgehead atoms. The molecule has 2 fully saturated rings. The van der Waals surface area contributed by atoms with Crippen LogP contribution in [0.5, 0.6) is 0 Å². The third-order valence-electron chi connectivity index (χ3n) is 4.78. The second kappa shape index (κ2) is 6.10. The number of hydrogen-bond donors (Lipinski definition) is 0. The largest absolute Gasteiger partial charge is 0.376 e. The van der Waals surface area contributed by atoms with Crippen LogP contribution in [-0.4, -0.2) is 59.8 Å². The number of ether oxygens (including phenoxy) is 1. The molecule has 0 saturated carbocycles. The summed E-state index contributed by atoms with van der Waals surface area (Å²) >= 11 is 1.74. The van der Waals surface area contributed by atoms with Crippen LogP contribution >= 0.6 is 11.3 Å². The third-order valence-corrected chi connectivity index (χ3v) is 5.68. The topological polar surface area (TPSA) is 41.5 Å². The molecule has 0 radical (unpaired) electrons. The van der Waals surface area contributed by atoms with Crippen molar-refractivity contribution in [3.63, 3.8) is 0 Å². The Hall–Kier alpha value is -1.24. The Morgan fingerprint density at radius 2 is 2.09 bits per heavy atom. The van der Waals surface area contributed by atoms with Crippen molar-refractivity contribution in [3.05, 3.63) is 17.8 Å². The predicted octanol–water partition coefficient (Wildman–Crippen LogP) is 2.38. The molecule has 2 aliphatic heterocycles. The highest BCUT2D eigenvalue weighted by molar-refractivity contribution is 7.17. The Balaban J connectivity index is 1.44. The summed E-state index contributed by atoms with van der Waals surface area (Å²) in [6, 6.07) is 2.77. The van der Waals surface area contributed by atoms with Crippen LogP contribution in [0.3, 0.4) is 0 Å². The summed E-state index contributed by atoms with van der Waals surface area (Å²) in [6.07, 6.45) is 4.49. The molecule has 0 N–H and O–H groups in total. The van der Waals surface area contributed by atoms with Crippen LogP contribution in [-0.2, 0) is 4.74 Å². The van der Waals surface area contributed by atoms with E-state index >= 15 is 0 Å². The van der Waals surface area contributed by atoms with E-state index in [4.69, 9.17) is 4.74 Å². The number of hydrogen-bond acceptors (Lipinski definition) is 6. The van der Waals surface area contributed by atoms with E-state index < -0.39 is 0 Å². The maximum absolute atomic E-state index is 5.66. The van der Waals surface area contributed by atoms with Crippen molar-refractivity contribution in [2.45, 2.75) is 31.9 Å². The standard InChI is InChI=1S/C16H22N4OS/c1-12-10-20(7-8-21-12)13-2-5-19(6-3-13)16-15-14(4-9-22-15)17-11-18-16/h4,9,11-13H,2-3,5-8,10H2,1H3/t12-/m1/s1. The lowest BCUT2D eigenvalue weighted by molar-refractivity contribution is -0.0373. The monoisotopic (exact) mass is 318 g/mol. The van der Waals surface area contributed by atoms with Crippen LogP contribution in [0.4, 0.5) is 5.82 Å². The average molecular weight is 318 g/mol. The van der Waals surface area contributed by atoms with Crippen molar-refractivity contribution < 1.29 is 4.74 Å². The summed E-state index contributed by atoms with van der Waals surface area (Å²) in [5.41, 5.74) is 1.07. The van der Waals surface area contributed by atoms with Crippen LogP contribution in [0.2, 0.25) is 0 Å². The number of anilines is 1. The molecular weight excluding hydrogens is 296 g/mol. The Morgan fingerprint density at radius 3 is 2.91 bits per heavy atom. The van der Waals surface area contributed by atoms with E-state index in [1.165, 1.54) is 17.5 Å². The fraction of sp³-hybridized carbons (Fsp3) is 0.625. The summed E-state index contributed by atoms with van der Waals surface area (Å²) < 4.78 is 6.88. The van der Waals surface area contributed by atoms with E-state index in [-0.39, 0.29) is 0 Å². The molecule has 4 rings (SSSR count). The predicted molar refractivity (Wildman–Crippen MR) is 89.6 cm³/mol. The first kappa shape index (κ1) is 14.4. The minimum atomic E-state index is 0.374. The average Bonchev–Trinajstić information content (AvgIpc) is 3.04. The molecule has 2 aliphatic rings. The van der Waals surface area contributed by atoms with Gasteiger partial charge < -0.3 is 9.64 Å². The van der Waals surface area contributed by atoms with Crippen molar-refractivity contribution in [1.29, 1.82) is 0 Å². The Morgan fingerprint density at radius 1 is 1.23 bits per heavy atom. The van der Waals surface area contributed by atoms with Gasteiger partial charge in [0, 0.05) is 32.2 Å². The minimum Gasteiger partial charge on any atom is -0.376 e. The van der Waals surface area contributed by atoms with Crippen molar-refractivity contribution >= 4 is 27.4 Å². The Kier molecular flexibility index (Phi) is 3.98. The summed E-state index contributed by atoms with van der Waals surface area (Å²) in [4.78, 5) is 13.9. The summed E-state index contributed by atoms with van der Waals surface area (Å²) in [5.74, 6) is 1.12. The van der Waals surface area contributed by atoms with Gasteiger partial charge in [-0.05, 0) is 31.2 Å². The van der Waals surface area contributed by atoms with Crippen LogP contribution in [0.1, 0.15) is 19.8 Å². The van der Waals surface area contributed by atoms with Crippen LogP contribution in [0.15, 0.2) is 17.8 Å². The molecule has 2 aromatic rings. The second-order valence-electron chi connectivity index (χ2n) is 6.23. The van der Waals surface area contributed by atoms with E-state index in [2.05, 4.69) is 38.1 Å². The van der Waals surface area contributed by atoms with Gasteiger partial charge in [-0.3, -0.25) is 4.90 Å². The van der Waals surface area contributed by atoms with Gasteiger partial charge in [0.15, 0.2) is 0 Å². The van der Waals surface area contributed by atoms with Crippen molar-refractivity contribution in [2.24, 2.45) is 0 Å². The maximum Gasteiger partial charge on any atom is 0.150 e. The number of thiophene rings is 1. The first-order chi connectivity index (χ1) is 10.8.